The van der Waals surface area contributed by atoms with Crippen LogP contribution in [0.1, 0.15) is 6.42 Å². The number of nitrogens with one attached hydrogen (secondary N) is 3. The van der Waals surface area contributed by atoms with E-state index in [0.29, 0.717) is 18.2 Å². The summed E-state index contributed by atoms with van der Waals surface area (Å²) in [5.41, 5.74) is 13.1. The molecule has 2 amide bonds. The Morgan fingerprint density at radius 3 is 2.77 bits per heavy atom. The van der Waals surface area contributed by atoms with Gasteiger partial charge in [0, 0.05) is 46.0 Å². The van der Waals surface area contributed by atoms with Crippen LogP contribution in [-0.4, -0.2) is 80.0 Å². The number of likely N-dealkylation sites (tertiary alicyclic amines) is 1. The molecule has 1 aromatic rings. The Balaban J connectivity index is 1.49. The normalized spacial score (nSPS) is 29.8. The van der Waals surface area contributed by atoms with Gasteiger partial charge >= 0.3 is 0 Å². The van der Waals surface area contributed by atoms with Gasteiger partial charge in [0.2, 0.25) is 11.8 Å². The number of nitrogens with two attached hydrogens (primary N) is 2. The average molecular weight is 435 g/mol. The summed E-state index contributed by atoms with van der Waals surface area (Å²) in [6, 6.07) is 1.83. The van der Waals surface area contributed by atoms with Crippen molar-refractivity contribution in [2.24, 2.45) is 29.2 Å². The fraction of sp³-hybridized carbons (Fsp3) is 0.650. The number of amides is 2. The Labute approximate surface area is 180 Å². The molecule has 3 aliphatic heterocycles. The van der Waals surface area contributed by atoms with Crippen molar-refractivity contribution in [3.63, 3.8) is 0 Å². The van der Waals surface area contributed by atoms with E-state index in [1.807, 2.05) is 13.1 Å². The Morgan fingerprint density at radius 2 is 2.06 bits per heavy atom. The summed E-state index contributed by atoms with van der Waals surface area (Å²) in [4.78, 5) is 33.7. The summed E-state index contributed by atoms with van der Waals surface area (Å²) in [6.45, 7) is 2.45. The molecule has 1 aromatic heterocycles. The molecule has 170 valence electrons. The maximum atomic E-state index is 13.4. The van der Waals surface area contributed by atoms with Gasteiger partial charge in [-0.15, -0.1) is 0 Å². The van der Waals surface area contributed by atoms with E-state index in [1.54, 1.807) is 17.3 Å². The van der Waals surface area contributed by atoms with Crippen molar-refractivity contribution in [3.05, 3.63) is 18.5 Å². The molecule has 3 saturated heterocycles. The highest BCUT2D eigenvalue weighted by atomic mass is 19.1. The number of piperidine rings is 1. The van der Waals surface area contributed by atoms with E-state index in [0.717, 1.165) is 25.2 Å². The molecule has 1 unspecified atom stereocenters. The number of nitrogens with zero attached hydrogens (tertiary/aromatic N) is 3. The summed E-state index contributed by atoms with van der Waals surface area (Å²) in [5, 5.41) is 8.81. The Hall–Kier alpha value is -2.34. The molecule has 7 N–H and O–H groups in total. The molecule has 0 spiro atoms. The van der Waals surface area contributed by atoms with E-state index < -0.39 is 24.4 Å². The van der Waals surface area contributed by atoms with E-state index in [9.17, 15) is 14.0 Å². The summed E-state index contributed by atoms with van der Waals surface area (Å²) in [5.74, 6) is -0.681. The van der Waals surface area contributed by atoms with Crippen LogP contribution in [0.5, 0.6) is 0 Å². The third-order valence-electron chi connectivity index (χ3n) is 6.55. The SMILES string of the molecule is CN1C[C@@H]2CCN(c3ccncc3NC(=O)C(C(N)N)C3NCC(F)CN3)C[C@@H]2C1=O. The molecule has 0 radical (unpaired) electrons. The fourth-order valence-corrected chi connectivity index (χ4v) is 4.87. The van der Waals surface area contributed by atoms with E-state index in [1.165, 1.54) is 0 Å². The van der Waals surface area contributed by atoms with E-state index in [-0.39, 0.29) is 30.8 Å². The third-order valence-corrected chi connectivity index (χ3v) is 6.55. The Bertz CT molecular complexity index is 816. The number of hydrogen-bond acceptors (Lipinski definition) is 8. The molecule has 0 aromatic carbocycles. The number of pyridine rings is 1. The molecule has 31 heavy (non-hydrogen) atoms. The predicted octanol–water partition coefficient (Wildman–Crippen LogP) is -1.35. The minimum atomic E-state index is -1.03. The topological polar surface area (TPSA) is 142 Å². The lowest BCUT2D eigenvalue weighted by Gasteiger charge is -2.37. The first-order valence-electron chi connectivity index (χ1n) is 10.7. The second-order valence-electron chi connectivity index (χ2n) is 8.70. The molecule has 4 heterocycles. The molecule has 3 aliphatic rings. The van der Waals surface area contributed by atoms with Crippen LogP contribution in [-0.2, 0) is 9.59 Å². The van der Waals surface area contributed by atoms with Crippen molar-refractivity contribution in [2.45, 2.75) is 24.9 Å². The van der Waals surface area contributed by atoms with Gasteiger partial charge in [0.25, 0.3) is 0 Å². The number of carbonyl (C=O) groups is 2. The average Bonchev–Trinajstić information content (AvgIpc) is 3.03. The summed E-state index contributed by atoms with van der Waals surface area (Å²) >= 11 is 0. The summed E-state index contributed by atoms with van der Waals surface area (Å²) in [7, 11) is 1.84. The largest absolute Gasteiger partial charge is 0.369 e. The first-order chi connectivity index (χ1) is 14.8. The first kappa shape index (κ1) is 21.9. The van der Waals surface area contributed by atoms with Crippen molar-refractivity contribution < 1.29 is 14.0 Å². The zero-order valence-corrected chi connectivity index (χ0v) is 17.6. The van der Waals surface area contributed by atoms with Gasteiger partial charge in [0.1, 0.15) is 6.17 Å². The van der Waals surface area contributed by atoms with Gasteiger partial charge < -0.3 is 26.6 Å². The van der Waals surface area contributed by atoms with Crippen molar-refractivity contribution in [1.29, 1.82) is 0 Å². The molecule has 3 atom stereocenters. The van der Waals surface area contributed by atoms with Crippen LogP contribution < -0.4 is 32.3 Å². The molecule has 11 heteroatoms. The maximum Gasteiger partial charge on any atom is 0.233 e. The molecule has 3 fully saturated rings. The maximum absolute atomic E-state index is 13.4. The van der Waals surface area contributed by atoms with Crippen molar-refractivity contribution in [2.75, 3.05) is 50.0 Å². The van der Waals surface area contributed by atoms with Crippen molar-refractivity contribution in [1.82, 2.24) is 20.5 Å². The lowest BCUT2D eigenvalue weighted by atomic mass is 9.88. The summed E-state index contributed by atoms with van der Waals surface area (Å²) in [6.07, 6.45) is 1.66. The zero-order chi connectivity index (χ0) is 22.1. The second-order valence-corrected chi connectivity index (χ2v) is 8.70. The molecule has 0 bridgehead atoms. The minimum absolute atomic E-state index is 0.0371. The van der Waals surface area contributed by atoms with Crippen LogP contribution in [0.4, 0.5) is 15.8 Å². The van der Waals surface area contributed by atoms with Gasteiger partial charge in [-0.05, 0) is 18.4 Å². The van der Waals surface area contributed by atoms with E-state index >= 15 is 0 Å². The fourth-order valence-electron chi connectivity index (χ4n) is 4.87. The second kappa shape index (κ2) is 9.03. The molecule has 0 aliphatic carbocycles. The molecular weight excluding hydrogens is 403 g/mol. The molecule has 10 nitrogen and oxygen atoms in total. The van der Waals surface area contributed by atoms with Gasteiger partial charge in [-0.3, -0.25) is 25.2 Å². The highest BCUT2D eigenvalue weighted by Crippen LogP contribution is 2.36. The number of fused-ring (bicyclic) bond motifs is 1. The van der Waals surface area contributed by atoms with Gasteiger partial charge in [-0.2, -0.15) is 0 Å². The zero-order valence-electron chi connectivity index (χ0n) is 17.6. The number of aromatic nitrogens is 1. The van der Waals surface area contributed by atoms with Crippen LogP contribution in [0.2, 0.25) is 0 Å². The molecule has 4 rings (SSSR count). The number of halogens is 1. The van der Waals surface area contributed by atoms with Crippen LogP contribution >= 0.6 is 0 Å². The summed E-state index contributed by atoms with van der Waals surface area (Å²) < 4.78 is 13.4. The van der Waals surface area contributed by atoms with Crippen molar-refractivity contribution >= 4 is 23.2 Å². The van der Waals surface area contributed by atoms with Gasteiger partial charge in [-0.25, -0.2) is 4.39 Å². The highest BCUT2D eigenvalue weighted by molar-refractivity contribution is 5.96. The molecule has 0 saturated carbocycles. The Kier molecular flexibility index (Phi) is 6.37. The van der Waals surface area contributed by atoms with Crippen molar-refractivity contribution in [3.8, 4) is 0 Å². The van der Waals surface area contributed by atoms with Gasteiger partial charge in [-0.1, -0.05) is 0 Å². The smallest absolute Gasteiger partial charge is 0.233 e. The number of hydrogen-bond donors (Lipinski definition) is 5. The first-order valence-corrected chi connectivity index (χ1v) is 10.7. The lowest BCUT2D eigenvalue weighted by molar-refractivity contribution is -0.130. The van der Waals surface area contributed by atoms with Crippen LogP contribution in [0.25, 0.3) is 0 Å². The minimum Gasteiger partial charge on any atom is -0.369 e. The number of rotatable bonds is 5. The monoisotopic (exact) mass is 434 g/mol. The standard InChI is InChI=1S/C20H31FN8O2/c1-28-9-11-3-5-29(10-13(11)20(28)31)15-2-4-24-8-14(15)27-19(30)16(17(22)23)18-25-6-12(21)7-26-18/h2,4,8,11-13,16-18,25-26H,3,5-7,9-10,22-23H2,1H3,(H,27,30)/t11-,12?,13-,16?,18?/m0/s1. The van der Waals surface area contributed by atoms with Gasteiger partial charge in [0.15, 0.2) is 0 Å². The predicted molar refractivity (Wildman–Crippen MR) is 115 cm³/mol. The van der Waals surface area contributed by atoms with Crippen LogP contribution in [0.3, 0.4) is 0 Å². The third kappa shape index (κ3) is 4.49. The van der Waals surface area contributed by atoms with Gasteiger partial charge in [0.05, 0.1) is 41.7 Å². The number of alkyl halides is 1. The molecular formula is C20H31FN8O2. The van der Waals surface area contributed by atoms with Crippen LogP contribution in [0.15, 0.2) is 18.5 Å². The van der Waals surface area contributed by atoms with E-state index in [4.69, 9.17) is 11.5 Å². The van der Waals surface area contributed by atoms with E-state index in [2.05, 4.69) is 25.8 Å². The quantitative estimate of drug-likeness (QED) is 0.358. The lowest BCUT2D eigenvalue weighted by Crippen LogP contribution is -2.64. The number of anilines is 2. The number of carbonyl (C=O) groups excluding carboxylic acids is 2. The Morgan fingerprint density at radius 1 is 1.32 bits per heavy atom. The highest BCUT2D eigenvalue weighted by Gasteiger charge is 2.42. The van der Waals surface area contributed by atoms with Crippen LogP contribution in [0, 0.1) is 17.8 Å².